The summed E-state index contributed by atoms with van der Waals surface area (Å²) in [5, 5.41) is 0. The van der Waals surface area contributed by atoms with Crippen molar-refractivity contribution in [3.8, 4) is 0 Å². The highest BCUT2D eigenvalue weighted by Gasteiger charge is 2.19. The number of rotatable bonds is 47. The Morgan fingerprint density at radius 2 is 0.597 bits per heavy atom. The van der Waals surface area contributed by atoms with Gasteiger partial charge in [-0.25, -0.2) is 0 Å². The van der Waals surface area contributed by atoms with Gasteiger partial charge in [-0.1, -0.05) is 210 Å². The number of hydrogen-bond donors (Lipinski definition) is 0. The van der Waals surface area contributed by atoms with E-state index in [0.717, 1.165) is 89.9 Å². The van der Waals surface area contributed by atoms with E-state index in [1.54, 1.807) is 0 Å². The van der Waals surface area contributed by atoms with Gasteiger partial charge in [0.25, 0.3) is 0 Å². The van der Waals surface area contributed by atoms with Gasteiger partial charge in [0.2, 0.25) is 0 Å². The predicted molar refractivity (Wildman–Crippen MR) is 265 cm³/mol. The highest BCUT2D eigenvalue weighted by atomic mass is 16.6. The maximum Gasteiger partial charge on any atom is 0.306 e. The molecular weight excluding hydrogens is 769 g/mol. The number of esters is 3. The molecule has 62 heavy (non-hydrogen) atoms. The van der Waals surface area contributed by atoms with E-state index in [-0.39, 0.29) is 31.1 Å². The molecular formula is C56H98O6. The van der Waals surface area contributed by atoms with Crippen LogP contribution in [0.15, 0.2) is 60.8 Å². The maximum absolute atomic E-state index is 12.8. The van der Waals surface area contributed by atoms with E-state index in [0.29, 0.717) is 19.3 Å². The van der Waals surface area contributed by atoms with Gasteiger partial charge < -0.3 is 14.2 Å². The Morgan fingerprint density at radius 3 is 1.00 bits per heavy atom. The molecule has 0 aliphatic heterocycles. The molecule has 0 heterocycles. The molecule has 358 valence electrons. The van der Waals surface area contributed by atoms with Crippen molar-refractivity contribution >= 4 is 17.9 Å². The van der Waals surface area contributed by atoms with Crippen LogP contribution >= 0.6 is 0 Å². The lowest BCUT2D eigenvalue weighted by Gasteiger charge is -2.18. The molecule has 0 bridgehead atoms. The van der Waals surface area contributed by atoms with Crippen molar-refractivity contribution in [2.75, 3.05) is 13.2 Å². The smallest absolute Gasteiger partial charge is 0.306 e. The van der Waals surface area contributed by atoms with Gasteiger partial charge in [0.05, 0.1) is 0 Å². The molecule has 0 spiro atoms. The molecule has 0 saturated heterocycles. The fourth-order valence-electron chi connectivity index (χ4n) is 7.23. The van der Waals surface area contributed by atoms with E-state index in [9.17, 15) is 14.4 Å². The van der Waals surface area contributed by atoms with E-state index in [1.165, 1.54) is 128 Å². The molecule has 0 N–H and O–H groups in total. The molecule has 0 aromatic carbocycles. The summed E-state index contributed by atoms with van der Waals surface area (Å²) >= 11 is 0. The summed E-state index contributed by atoms with van der Waals surface area (Å²) in [5.74, 6) is -0.936. The second kappa shape index (κ2) is 50.8. The quantitative estimate of drug-likeness (QED) is 0.0199. The molecule has 0 radical (unpaired) electrons. The Labute approximate surface area is 383 Å². The number of allylic oxidation sites excluding steroid dienone is 10. The van der Waals surface area contributed by atoms with Crippen LogP contribution in [0.4, 0.5) is 0 Å². The standard InChI is InChI=1S/C56H98O6/c1-4-7-10-13-16-19-22-24-26-27-28-30-31-34-37-40-43-46-49-55(58)61-52-53(51-60-54(57)48-45-42-39-36-33-21-18-15-12-9-6-3)62-56(59)50-47-44-41-38-35-32-29-25-23-20-17-14-11-8-5-2/h15,17-18,20-21,23,25,28,30,33,53H,4-14,16,19,22,24,26-27,29,31-32,34-52H2,1-3H3/b18-15-,20-17-,25-23-,30-28-,33-21-. The Balaban J connectivity index is 4.39. The van der Waals surface area contributed by atoms with E-state index in [2.05, 4.69) is 81.5 Å². The van der Waals surface area contributed by atoms with E-state index in [4.69, 9.17) is 14.2 Å². The van der Waals surface area contributed by atoms with Gasteiger partial charge in [-0.05, 0) is 89.9 Å². The zero-order valence-corrected chi connectivity index (χ0v) is 40.9. The Hall–Kier alpha value is -2.89. The van der Waals surface area contributed by atoms with Crippen LogP contribution in [0.25, 0.3) is 0 Å². The zero-order chi connectivity index (χ0) is 45.1. The van der Waals surface area contributed by atoms with Crippen molar-refractivity contribution < 1.29 is 28.6 Å². The summed E-state index contributed by atoms with van der Waals surface area (Å²) in [4.78, 5) is 37.9. The summed E-state index contributed by atoms with van der Waals surface area (Å²) < 4.78 is 16.8. The number of ether oxygens (including phenoxy) is 3. The molecule has 0 fully saturated rings. The summed E-state index contributed by atoms with van der Waals surface area (Å²) in [6.45, 7) is 6.52. The SMILES string of the molecule is CCCC/C=C\C=C/CCCCCC(=O)OCC(COC(=O)CCCCCCC/C=C\CCCCCCCCCCC)OC(=O)CCCCCCCC/C=C\C=C/CCCCC. The normalized spacial score (nSPS) is 12.5. The number of carbonyl (C=O) groups excluding carboxylic acids is 3. The molecule has 1 unspecified atom stereocenters. The van der Waals surface area contributed by atoms with E-state index in [1.807, 2.05) is 0 Å². The second-order valence-electron chi connectivity index (χ2n) is 17.5. The third kappa shape index (κ3) is 48.1. The number of hydrogen-bond acceptors (Lipinski definition) is 6. The van der Waals surface area contributed by atoms with E-state index >= 15 is 0 Å². The fourth-order valence-corrected chi connectivity index (χ4v) is 7.23. The highest BCUT2D eigenvalue weighted by molar-refractivity contribution is 5.71. The molecule has 6 nitrogen and oxygen atoms in total. The predicted octanol–water partition coefficient (Wildman–Crippen LogP) is 17.3. The van der Waals surface area contributed by atoms with Gasteiger partial charge in [-0.15, -0.1) is 0 Å². The molecule has 0 rings (SSSR count). The summed E-state index contributed by atoms with van der Waals surface area (Å²) in [6.07, 6.45) is 62.1. The molecule has 0 aliphatic carbocycles. The molecule has 0 aliphatic rings. The van der Waals surface area contributed by atoms with Crippen molar-refractivity contribution in [3.63, 3.8) is 0 Å². The Morgan fingerprint density at radius 1 is 0.323 bits per heavy atom. The minimum absolute atomic E-state index is 0.0917. The van der Waals surface area contributed by atoms with Gasteiger partial charge in [-0.3, -0.25) is 14.4 Å². The Kier molecular flexibility index (Phi) is 48.4. The largest absolute Gasteiger partial charge is 0.462 e. The number of unbranched alkanes of at least 4 members (excludes halogenated alkanes) is 28. The average molecular weight is 867 g/mol. The van der Waals surface area contributed by atoms with Crippen molar-refractivity contribution in [1.82, 2.24) is 0 Å². The van der Waals surface area contributed by atoms with Crippen LogP contribution in [0.1, 0.15) is 258 Å². The molecule has 0 saturated carbocycles. The fraction of sp³-hybridized carbons (Fsp3) is 0.768. The molecule has 6 heteroatoms. The van der Waals surface area contributed by atoms with Crippen LogP contribution < -0.4 is 0 Å². The van der Waals surface area contributed by atoms with Gasteiger partial charge in [0.1, 0.15) is 13.2 Å². The molecule has 0 amide bonds. The van der Waals surface area contributed by atoms with Gasteiger partial charge >= 0.3 is 17.9 Å². The molecule has 0 aromatic rings. The van der Waals surface area contributed by atoms with Crippen molar-refractivity contribution in [1.29, 1.82) is 0 Å². The van der Waals surface area contributed by atoms with Crippen LogP contribution in [-0.4, -0.2) is 37.2 Å². The topological polar surface area (TPSA) is 78.9 Å². The maximum atomic E-state index is 12.8. The van der Waals surface area contributed by atoms with Crippen LogP contribution in [0.3, 0.4) is 0 Å². The first-order chi connectivity index (χ1) is 30.5. The van der Waals surface area contributed by atoms with Crippen LogP contribution in [0, 0.1) is 0 Å². The van der Waals surface area contributed by atoms with Gasteiger partial charge in [-0.2, -0.15) is 0 Å². The molecule has 1 atom stereocenters. The second-order valence-corrected chi connectivity index (χ2v) is 17.5. The summed E-state index contributed by atoms with van der Waals surface area (Å²) in [6, 6.07) is 0. The lowest BCUT2D eigenvalue weighted by molar-refractivity contribution is -0.167. The van der Waals surface area contributed by atoms with Crippen LogP contribution in [0.5, 0.6) is 0 Å². The van der Waals surface area contributed by atoms with Crippen molar-refractivity contribution in [2.45, 2.75) is 264 Å². The third-order valence-electron chi connectivity index (χ3n) is 11.3. The minimum Gasteiger partial charge on any atom is -0.462 e. The lowest BCUT2D eigenvalue weighted by atomic mass is 10.1. The number of carbonyl (C=O) groups is 3. The van der Waals surface area contributed by atoms with E-state index < -0.39 is 6.10 Å². The third-order valence-corrected chi connectivity index (χ3v) is 11.3. The summed E-state index contributed by atoms with van der Waals surface area (Å²) in [7, 11) is 0. The van der Waals surface area contributed by atoms with Crippen LogP contribution in [0.2, 0.25) is 0 Å². The lowest BCUT2D eigenvalue weighted by Crippen LogP contribution is -2.30. The van der Waals surface area contributed by atoms with Crippen molar-refractivity contribution in [3.05, 3.63) is 60.8 Å². The minimum atomic E-state index is -0.793. The Bertz CT molecular complexity index is 1130. The highest BCUT2D eigenvalue weighted by Crippen LogP contribution is 2.14. The van der Waals surface area contributed by atoms with Crippen LogP contribution in [-0.2, 0) is 28.6 Å². The monoisotopic (exact) mass is 867 g/mol. The first-order valence-corrected chi connectivity index (χ1v) is 26.3. The average Bonchev–Trinajstić information content (AvgIpc) is 3.27. The van der Waals surface area contributed by atoms with Gasteiger partial charge in [0.15, 0.2) is 6.10 Å². The van der Waals surface area contributed by atoms with Crippen molar-refractivity contribution in [2.24, 2.45) is 0 Å². The molecule has 0 aromatic heterocycles. The first kappa shape index (κ1) is 59.1. The van der Waals surface area contributed by atoms with Gasteiger partial charge in [0, 0.05) is 19.3 Å². The summed E-state index contributed by atoms with van der Waals surface area (Å²) in [5.41, 5.74) is 0. The first-order valence-electron chi connectivity index (χ1n) is 26.3. The zero-order valence-electron chi connectivity index (χ0n) is 40.9.